The minimum Gasteiger partial charge on any atom is -0.497 e. The van der Waals surface area contributed by atoms with E-state index >= 15 is 0 Å². The number of nitrogens with one attached hydrogen (secondary N) is 1. The highest BCUT2D eigenvalue weighted by Crippen LogP contribution is 2.25. The quantitative estimate of drug-likeness (QED) is 0.745. The highest BCUT2D eigenvalue weighted by molar-refractivity contribution is 5.88. The van der Waals surface area contributed by atoms with Crippen LogP contribution in [0.2, 0.25) is 0 Å². The molecule has 6 heteroatoms. The van der Waals surface area contributed by atoms with Crippen LogP contribution in [0.5, 0.6) is 5.75 Å². The van der Waals surface area contributed by atoms with Crippen LogP contribution < -0.4 is 10.1 Å². The molecule has 0 unspecified atom stereocenters. The number of carbonyl (C=O) groups is 2. The molecule has 1 fully saturated rings. The molecule has 1 aliphatic heterocycles. The van der Waals surface area contributed by atoms with Crippen molar-refractivity contribution in [3.63, 3.8) is 0 Å². The van der Waals surface area contributed by atoms with E-state index < -0.39 is 6.04 Å². The minimum atomic E-state index is -0.711. The Morgan fingerprint density at radius 2 is 1.90 bits per heavy atom. The van der Waals surface area contributed by atoms with Gasteiger partial charge in [-0.1, -0.05) is 42.5 Å². The molecule has 3 rings (SSSR count). The second kappa shape index (κ2) is 10.1. The van der Waals surface area contributed by atoms with Gasteiger partial charge in [0, 0.05) is 26.6 Å². The van der Waals surface area contributed by atoms with E-state index in [-0.39, 0.29) is 17.9 Å². The van der Waals surface area contributed by atoms with Crippen molar-refractivity contribution in [3.05, 3.63) is 65.7 Å². The summed E-state index contributed by atoms with van der Waals surface area (Å²) in [6.07, 6.45) is 2.00. The van der Waals surface area contributed by atoms with Crippen molar-refractivity contribution in [2.45, 2.75) is 38.5 Å². The summed E-state index contributed by atoms with van der Waals surface area (Å²) in [6, 6.07) is 16.2. The number of ether oxygens (including phenoxy) is 2. The molecule has 2 aromatic carbocycles. The zero-order chi connectivity index (χ0) is 20.6. The van der Waals surface area contributed by atoms with Gasteiger partial charge in [0.25, 0.3) is 0 Å². The van der Waals surface area contributed by atoms with Crippen LogP contribution in [-0.4, -0.2) is 43.1 Å². The highest BCUT2D eigenvalue weighted by Gasteiger charge is 2.30. The summed E-state index contributed by atoms with van der Waals surface area (Å²) in [5, 5.41) is 2.98. The van der Waals surface area contributed by atoms with Crippen molar-refractivity contribution in [3.8, 4) is 5.75 Å². The summed E-state index contributed by atoms with van der Waals surface area (Å²) < 4.78 is 10.8. The fourth-order valence-corrected chi connectivity index (χ4v) is 3.54. The average Bonchev–Trinajstić information content (AvgIpc) is 3.26. The van der Waals surface area contributed by atoms with Crippen LogP contribution in [0.1, 0.15) is 36.9 Å². The fraction of sp³-hybridized carbons (Fsp3) is 0.391. The summed E-state index contributed by atoms with van der Waals surface area (Å²) in [5.74, 6) is 0.384. The van der Waals surface area contributed by atoms with Crippen molar-refractivity contribution >= 4 is 11.8 Å². The summed E-state index contributed by atoms with van der Waals surface area (Å²) in [4.78, 5) is 27.3. The lowest BCUT2D eigenvalue weighted by Crippen LogP contribution is -2.44. The first-order valence-electron chi connectivity index (χ1n) is 9.93. The van der Waals surface area contributed by atoms with E-state index in [2.05, 4.69) is 5.32 Å². The van der Waals surface area contributed by atoms with Crippen LogP contribution >= 0.6 is 0 Å². The molecule has 0 spiro atoms. The molecular formula is C23H28N2O4. The smallest absolute Gasteiger partial charge is 0.247 e. The lowest BCUT2D eigenvalue weighted by Gasteiger charge is -2.31. The maximum Gasteiger partial charge on any atom is 0.247 e. The van der Waals surface area contributed by atoms with Crippen LogP contribution in [-0.2, 0) is 20.9 Å². The average molecular weight is 396 g/mol. The molecule has 2 atom stereocenters. The predicted octanol–water partition coefficient (Wildman–Crippen LogP) is 3.08. The number of nitrogens with zero attached hydrogens (tertiary/aromatic N) is 1. The summed E-state index contributed by atoms with van der Waals surface area (Å²) in [7, 11) is 1.61. The van der Waals surface area contributed by atoms with E-state index in [1.165, 1.54) is 6.92 Å². The van der Waals surface area contributed by atoms with E-state index in [4.69, 9.17) is 9.47 Å². The minimum absolute atomic E-state index is 0.0442. The third kappa shape index (κ3) is 5.57. The third-order valence-corrected chi connectivity index (χ3v) is 5.12. The summed E-state index contributed by atoms with van der Waals surface area (Å²) in [5.41, 5.74) is 1.70. The lowest BCUT2D eigenvalue weighted by atomic mass is 10.0. The Kier molecular flexibility index (Phi) is 7.25. The fourth-order valence-electron chi connectivity index (χ4n) is 3.54. The Morgan fingerprint density at radius 3 is 2.48 bits per heavy atom. The molecule has 29 heavy (non-hydrogen) atoms. The molecule has 0 aliphatic carbocycles. The van der Waals surface area contributed by atoms with Crippen LogP contribution in [0.3, 0.4) is 0 Å². The standard InChI is InChI=1S/C23H28N2O4/c1-17(26)25(16-18-10-12-20(28-2)13-11-18)22(19-7-4-3-5-8-19)23(27)24-15-21-9-6-14-29-21/h3-5,7-8,10-13,21-22H,6,9,14-16H2,1-2H3,(H,24,27)/t21-,22-/m0/s1. The van der Waals surface area contributed by atoms with Crippen molar-refractivity contribution in [2.75, 3.05) is 20.3 Å². The maximum absolute atomic E-state index is 13.2. The van der Waals surface area contributed by atoms with E-state index in [0.717, 1.165) is 36.3 Å². The molecule has 0 radical (unpaired) electrons. The van der Waals surface area contributed by atoms with Gasteiger partial charge in [-0.05, 0) is 36.1 Å². The molecule has 0 bridgehead atoms. The first-order valence-corrected chi connectivity index (χ1v) is 9.93. The summed E-state index contributed by atoms with van der Waals surface area (Å²) >= 11 is 0. The van der Waals surface area contributed by atoms with Gasteiger partial charge in [0.15, 0.2) is 0 Å². The molecule has 0 saturated carbocycles. The molecule has 1 N–H and O–H groups in total. The third-order valence-electron chi connectivity index (χ3n) is 5.12. The molecule has 154 valence electrons. The van der Waals surface area contributed by atoms with Gasteiger partial charge in [0.1, 0.15) is 11.8 Å². The van der Waals surface area contributed by atoms with Gasteiger partial charge in [-0.25, -0.2) is 0 Å². The second-order valence-electron chi connectivity index (χ2n) is 7.19. The summed E-state index contributed by atoms with van der Waals surface area (Å²) in [6.45, 7) is 3.01. The first kappa shape index (κ1) is 20.9. The van der Waals surface area contributed by atoms with E-state index in [1.807, 2.05) is 54.6 Å². The Hall–Kier alpha value is -2.86. The molecule has 1 heterocycles. The topological polar surface area (TPSA) is 67.9 Å². The molecule has 1 aliphatic rings. The van der Waals surface area contributed by atoms with Gasteiger partial charge >= 0.3 is 0 Å². The van der Waals surface area contributed by atoms with E-state index in [1.54, 1.807) is 12.0 Å². The largest absolute Gasteiger partial charge is 0.497 e. The molecule has 2 amide bonds. The van der Waals surface area contributed by atoms with Crippen LogP contribution in [0.25, 0.3) is 0 Å². The number of hydrogen-bond acceptors (Lipinski definition) is 4. The molecule has 1 saturated heterocycles. The Morgan fingerprint density at radius 1 is 1.17 bits per heavy atom. The highest BCUT2D eigenvalue weighted by atomic mass is 16.5. The van der Waals surface area contributed by atoms with Crippen molar-refractivity contribution in [1.82, 2.24) is 10.2 Å². The van der Waals surface area contributed by atoms with E-state index in [0.29, 0.717) is 13.1 Å². The van der Waals surface area contributed by atoms with Gasteiger partial charge in [0.05, 0.1) is 13.2 Å². The SMILES string of the molecule is COc1ccc(CN(C(C)=O)[C@H](C(=O)NC[C@@H]2CCCO2)c2ccccc2)cc1. The first-order chi connectivity index (χ1) is 14.1. The van der Waals surface area contributed by atoms with Crippen molar-refractivity contribution in [1.29, 1.82) is 0 Å². The number of rotatable bonds is 8. The van der Waals surface area contributed by atoms with Crippen LogP contribution in [0, 0.1) is 0 Å². The Balaban J connectivity index is 1.82. The number of carbonyl (C=O) groups excluding carboxylic acids is 2. The van der Waals surface area contributed by atoms with Gasteiger partial charge < -0.3 is 19.7 Å². The molecular weight excluding hydrogens is 368 g/mol. The number of hydrogen-bond donors (Lipinski definition) is 1. The van der Waals surface area contributed by atoms with Crippen LogP contribution in [0.4, 0.5) is 0 Å². The second-order valence-corrected chi connectivity index (χ2v) is 7.19. The Labute approximate surface area is 171 Å². The van der Waals surface area contributed by atoms with Gasteiger partial charge in [0.2, 0.25) is 11.8 Å². The lowest BCUT2D eigenvalue weighted by molar-refractivity contribution is -0.140. The monoisotopic (exact) mass is 396 g/mol. The van der Waals surface area contributed by atoms with Crippen LogP contribution in [0.15, 0.2) is 54.6 Å². The zero-order valence-electron chi connectivity index (χ0n) is 17.0. The predicted molar refractivity (Wildman–Crippen MR) is 110 cm³/mol. The number of benzene rings is 2. The van der Waals surface area contributed by atoms with Crippen molar-refractivity contribution < 1.29 is 19.1 Å². The van der Waals surface area contributed by atoms with Crippen molar-refractivity contribution in [2.24, 2.45) is 0 Å². The normalized spacial score (nSPS) is 16.8. The molecule has 2 aromatic rings. The van der Waals surface area contributed by atoms with Gasteiger partial charge in [-0.15, -0.1) is 0 Å². The maximum atomic E-state index is 13.2. The van der Waals surface area contributed by atoms with E-state index in [9.17, 15) is 9.59 Å². The van der Waals surface area contributed by atoms with Gasteiger partial charge in [-0.2, -0.15) is 0 Å². The molecule has 6 nitrogen and oxygen atoms in total. The number of amides is 2. The number of methoxy groups -OCH3 is 1. The zero-order valence-corrected chi connectivity index (χ0v) is 17.0. The Bertz CT molecular complexity index is 801. The molecule has 0 aromatic heterocycles. The van der Waals surface area contributed by atoms with Gasteiger partial charge in [-0.3, -0.25) is 9.59 Å².